The van der Waals surface area contributed by atoms with Crippen LogP contribution < -0.4 is 9.47 Å². The van der Waals surface area contributed by atoms with Crippen LogP contribution in [-0.2, 0) is 20.9 Å². The molecule has 1 heterocycles. The van der Waals surface area contributed by atoms with E-state index in [0.717, 1.165) is 30.6 Å². The van der Waals surface area contributed by atoms with Crippen molar-refractivity contribution in [3.05, 3.63) is 101 Å². The molecule has 3 aromatic carbocycles. The van der Waals surface area contributed by atoms with Gasteiger partial charge >= 0.3 is 0 Å². The first kappa shape index (κ1) is 28.9. The number of unbranched alkanes of at least 4 members (excludes halogenated alkanes) is 2. The van der Waals surface area contributed by atoms with E-state index < -0.39 is 17.7 Å². The molecule has 0 aliphatic carbocycles. The van der Waals surface area contributed by atoms with Gasteiger partial charge in [0.15, 0.2) is 0 Å². The maximum Gasteiger partial charge on any atom is 0.295 e. The number of ketones is 1. The minimum absolute atomic E-state index is 0.0473. The van der Waals surface area contributed by atoms with Crippen molar-refractivity contribution in [2.75, 3.05) is 26.9 Å². The highest BCUT2D eigenvalue weighted by Crippen LogP contribution is 2.40. The van der Waals surface area contributed by atoms with Crippen molar-refractivity contribution in [3.8, 4) is 11.5 Å². The van der Waals surface area contributed by atoms with Crippen LogP contribution in [0.15, 0.2) is 78.4 Å². The average Bonchev–Trinajstić information content (AvgIpc) is 3.23. The highest BCUT2D eigenvalue weighted by atomic mass is 16.5. The maximum absolute atomic E-state index is 13.2. The van der Waals surface area contributed by atoms with Gasteiger partial charge in [0.25, 0.3) is 11.7 Å². The number of nitrogens with zero attached hydrogens (tertiary/aromatic N) is 1. The van der Waals surface area contributed by atoms with Crippen molar-refractivity contribution in [3.63, 3.8) is 0 Å². The number of rotatable bonds is 13. The smallest absolute Gasteiger partial charge is 0.295 e. The molecular formula is C33H37NO6. The van der Waals surface area contributed by atoms with Crippen LogP contribution >= 0.6 is 0 Å². The van der Waals surface area contributed by atoms with Gasteiger partial charge in [0.05, 0.1) is 24.8 Å². The third kappa shape index (κ3) is 6.90. The molecule has 1 fully saturated rings. The molecule has 7 nitrogen and oxygen atoms in total. The fraction of sp³-hybridized carbons (Fsp3) is 0.333. The summed E-state index contributed by atoms with van der Waals surface area (Å²) in [4.78, 5) is 27.7. The lowest BCUT2D eigenvalue weighted by Gasteiger charge is -2.25. The minimum atomic E-state index is -0.748. The summed E-state index contributed by atoms with van der Waals surface area (Å²) in [6, 6.07) is 21.5. The first-order valence-electron chi connectivity index (χ1n) is 13.7. The largest absolute Gasteiger partial charge is 0.507 e. The molecule has 0 spiro atoms. The quantitative estimate of drug-likeness (QED) is 0.119. The number of carbonyl (C=O) groups excluding carboxylic acids is 2. The molecule has 1 N–H and O–H groups in total. The highest BCUT2D eigenvalue weighted by Gasteiger charge is 2.45. The fourth-order valence-corrected chi connectivity index (χ4v) is 4.65. The van der Waals surface area contributed by atoms with E-state index in [2.05, 4.69) is 6.92 Å². The summed E-state index contributed by atoms with van der Waals surface area (Å²) < 4.78 is 16.9. The monoisotopic (exact) mass is 543 g/mol. The third-order valence-corrected chi connectivity index (χ3v) is 6.94. The molecule has 3 aromatic rings. The predicted octanol–water partition coefficient (Wildman–Crippen LogP) is 6.21. The summed E-state index contributed by atoms with van der Waals surface area (Å²) >= 11 is 0. The number of amides is 1. The number of hydrogen-bond acceptors (Lipinski definition) is 6. The normalized spacial score (nSPS) is 16.4. The summed E-state index contributed by atoms with van der Waals surface area (Å²) in [5, 5.41) is 11.3. The molecule has 40 heavy (non-hydrogen) atoms. The van der Waals surface area contributed by atoms with Crippen molar-refractivity contribution < 1.29 is 28.9 Å². The number of aryl methyl sites for hydroxylation is 1. The van der Waals surface area contributed by atoms with E-state index in [1.807, 2.05) is 55.5 Å². The summed E-state index contributed by atoms with van der Waals surface area (Å²) in [7, 11) is 1.54. The standard InChI is InChI=1S/C33H37NO6/c1-4-5-6-20-39-27-15-11-25(12-16-27)30-29(32(36)33(37)34(30)19-21-38-3)31(35)26-13-17-28(18-14-26)40-22-24-9-7-23(2)8-10-24/h7-18,30,35H,4-6,19-22H2,1-3H3. The molecule has 1 amide bonds. The van der Waals surface area contributed by atoms with Gasteiger partial charge in [-0.05, 0) is 60.9 Å². The average molecular weight is 544 g/mol. The Morgan fingerprint density at radius 2 is 1.50 bits per heavy atom. The van der Waals surface area contributed by atoms with E-state index in [1.165, 1.54) is 10.5 Å². The Kier molecular flexibility index (Phi) is 9.97. The first-order chi connectivity index (χ1) is 19.4. The lowest BCUT2D eigenvalue weighted by Crippen LogP contribution is -2.32. The van der Waals surface area contributed by atoms with Crippen LogP contribution in [0.4, 0.5) is 0 Å². The van der Waals surface area contributed by atoms with Crippen LogP contribution in [0.3, 0.4) is 0 Å². The number of carbonyl (C=O) groups is 2. The van der Waals surface area contributed by atoms with Crippen LogP contribution in [0, 0.1) is 6.92 Å². The summed E-state index contributed by atoms with van der Waals surface area (Å²) in [6.07, 6.45) is 3.20. The van der Waals surface area contributed by atoms with Gasteiger partial charge in [0.2, 0.25) is 0 Å². The number of hydrogen-bond donors (Lipinski definition) is 1. The van der Waals surface area contributed by atoms with Crippen LogP contribution in [0.2, 0.25) is 0 Å². The van der Waals surface area contributed by atoms with Gasteiger partial charge < -0.3 is 24.2 Å². The van der Waals surface area contributed by atoms with Crippen LogP contribution in [0.1, 0.15) is 54.5 Å². The van der Waals surface area contributed by atoms with Gasteiger partial charge in [0, 0.05) is 19.2 Å². The zero-order valence-electron chi connectivity index (χ0n) is 23.4. The van der Waals surface area contributed by atoms with Gasteiger partial charge in [-0.15, -0.1) is 0 Å². The van der Waals surface area contributed by atoms with Gasteiger partial charge in [-0.1, -0.05) is 61.7 Å². The summed E-state index contributed by atoms with van der Waals surface area (Å²) in [5.41, 5.74) is 3.41. The zero-order chi connectivity index (χ0) is 28.5. The van der Waals surface area contributed by atoms with Crippen LogP contribution in [-0.4, -0.2) is 48.6 Å². The Labute approximate surface area is 236 Å². The number of benzene rings is 3. The zero-order valence-corrected chi connectivity index (χ0v) is 23.4. The Morgan fingerprint density at radius 3 is 2.15 bits per heavy atom. The van der Waals surface area contributed by atoms with Crippen molar-refractivity contribution in [2.24, 2.45) is 0 Å². The van der Waals surface area contributed by atoms with Crippen LogP contribution in [0.5, 0.6) is 11.5 Å². The fourth-order valence-electron chi connectivity index (χ4n) is 4.65. The summed E-state index contributed by atoms with van der Waals surface area (Å²) in [5.74, 6) is -0.272. The molecule has 4 rings (SSSR count). The second-order valence-corrected chi connectivity index (χ2v) is 9.91. The second-order valence-electron chi connectivity index (χ2n) is 9.91. The number of ether oxygens (including phenoxy) is 3. The van der Waals surface area contributed by atoms with E-state index in [-0.39, 0.29) is 24.5 Å². The second kappa shape index (κ2) is 13.8. The molecular weight excluding hydrogens is 506 g/mol. The number of Topliss-reactive ketones (excluding diaryl/α,β-unsaturated/α-hetero) is 1. The minimum Gasteiger partial charge on any atom is -0.507 e. The van der Waals surface area contributed by atoms with E-state index in [0.29, 0.717) is 30.1 Å². The van der Waals surface area contributed by atoms with E-state index >= 15 is 0 Å². The van der Waals surface area contributed by atoms with Crippen molar-refractivity contribution in [2.45, 2.75) is 45.8 Å². The number of methoxy groups -OCH3 is 1. The van der Waals surface area contributed by atoms with E-state index in [1.54, 1.807) is 31.4 Å². The molecule has 210 valence electrons. The molecule has 1 saturated heterocycles. The number of aliphatic hydroxyl groups is 1. The van der Waals surface area contributed by atoms with Crippen molar-refractivity contribution in [1.82, 2.24) is 4.90 Å². The van der Waals surface area contributed by atoms with Crippen molar-refractivity contribution >= 4 is 17.4 Å². The van der Waals surface area contributed by atoms with E-state index in [9.17, 15) is 14.7 Å². The molecule has 0 bridgehead atoms. The molecule has 1 aliphatic rings. The van der Waals surface area contributed by atoms with Gasteiger partial charge in [-0.3, -0.25) is 9.59 Å². The molecule has 0 aromatic heterocycles. The molecule has 0 radical (unpaired) electrons. The number of likely N-dealkylation sites (tertiary alicyclic amines) is 1. The maximum atomic E-state index is 13.2. The van der Waals surface area contributed by atoms with Crippen LogP contribution in [0.25, 0.3) is 5.76 Å². The Morgan fingerprint density at radius 1 is 0.850 bits per heavy atom. The first-order valence-corrected chi connectivity index (χ1v) is 13.7. The third-order valence-electron chi connectivity index (χ3n) is 6.94. The lowest BCUT2D eigenvalue weighted by atomic mass is 9.95. The highest BCUT2D eigenvalue weighted by molar-refractivity contribution is 6.46. The molecule has 1 atom stereocenters. The lowest BCUT2D eigenvalue weighted by molar-refractivity contribution is -0.140. The van der Waals surface area contributed by atoms with Gasteiger partial charge in [-0.25, -0.2) is 0 Å². The van der Waals surface area contributed by atoms with Gasteiger partial charge in [-0.2, -0.15) is 0 Å². The van der Waals surface area contributed by atoms with Crippen molar-refractivity contribution in [1.29, 1.82) is 0 Å². The molecule has 1 unspecified atom stereocenters. The predicted molar refractivity (Wildman–Crippen MR) is 154 cm³/mol. The molecule has 0 saturated carbocycles. The van der Waals surface area contributed by atoms with E-state index in [4.69, 9.17) is 14.2 Å². The van der Waals surface area contributed by atoms with Gasteiger partial charge in [0.1, 0.15) is 23.9 Å². The summed E-state index contributed by atoms with van der Waals surface area (Å²) in [6.45, 7) is 5.69. The Hall–Kier alpha value is -4.10. The molecule has 1 aliphatic heterocycles. The number of aliphatic hydroxyl groups excluding tert-OH is 1. The Bertz CT molecular complexity index is 1310. The Balaban J connectivity index is 1.58. The topological polar surface area (TPSA) is 85.3 Å². The SMILES string of the molecule is CCCCCOc1ccc(C2C(=C(O)c3ccc(OCc4ccc(C)cc4)cc3)C(=O)C(=O)N2CCOC)cc1. The molecule has 7 heteroatoms.